The lowest BCUT2D eigenvalue weighted by atomic mass is 10.0. The van der Waals surface area contributed by atoms with Crippen LogP contribution in [0.25, 0.3) is 0 Å². The van der Waals surface area contributed by atoms with Crippen LogP contribution in [0.4, 0.5) is 0 Å². The maximum atomic E-state index is 10.7. The average Bonchev–Trinajstić information content (AvgIpc) is 2.25. The molecule has 1 aromatic rings. The van der Waals surface area contributed by atoms with Crippen LogP contribution in [0.5, 0.6) is 0 Å². The first-order valence-electron chi connectivity index (χ1n) is 6.11. The largest absolute Gasteiger partial charge is 0.481 e. The van der Waals surface area contributed by atoms with Gasteiger partial charge in [-0.2, -0.15) is 0 Å². The van der Waals surface area contributed by atoms with Gasteiger partial charge in [-0.25, -0.2) is 0 Å². The maximum Gasteiger partial charge on any atom is 0.304 e. The van der Waals surface area contributed by atoms with Gasteiger partial charge in [-0.15, -0.1) is 0 Å². The van der Waals surface area contributed by atoms with Crippen LogP contribution in [0.15, 0.2) is 18.2 Å². The lowest BCUT2D eigenvalue weighted by Crippen LogP contribution is -2.42. The quantitative estimate of drug-likeness (QED) is 0.891. The van der Waals surface area contributed by atoms with Crippen molar-refractivity contribution in [1.82, 2.24) is 4.90 Å². The fourth-order valence-electron chi connectivity index (χ4n) is 1.76. The molecule has 0 atom stereocenters. The Bertz CT molecular complexity index is 435. The number of hydrogen-bond donors (Lipinski definition) is 1. The van der Waals surface area contributed by atoms with Gasteiger partial charge < -0.3 is 5.11 Å². The number of nitrogens with zero attached hydrogens (tertiary/aromatic N) is 1. The fraction of sp³-hybridized carbons (Fsp3) is 0.500. The highest BCUT2D eigenvalue weighted by Crippen LogP contribution is 2.28. The van der Waals surface area contributed by atoms with Crippen LogP contribution in [0.2, 0.25) is 10.0 Å². The summed E-state index contributed by atoms with van der Waals surface area (Å²) in [7, 11) is 0. The van der Waals surface area contributed by atoms with Crippen LogP contribution in [0.3, 0.4) is 0 Å². The van der Waals surface area contributed by atoms with E-state index in [0.717, 1.165) is 5.56 Å². The minimum Gasteiger partial charge on any atom is -0.481 e. The summed E-state index contributed by atoms with van der Waals surface area (Å²) in [5.41, 5.74) is 0.684. The van der Waals surface area contributed by atoms with Crippen LogP contribution < -0.4 is 0 Å². The van der Waals surface area contributed by atoms with Gasteiger partial charge in [-0.3, -0.25) is 9.69 Å². The molecule has 0 saturated heterocycles. The van der Waals surface area contributed by atoms with E-state index in [0.29, 0.717) is 23.1 Å². The maximum absolute atomic E-state index is 10.7. The van der Waals surface area contributed by atoms with Crippen molar-refractivity contribution in [3.05, 3.63) is 33.8 Å². The smallest absolute Gasteiger partial charge is 0.304 e. The number of carboxylic acids is 1. The van der Waals surface area contributed by atoms with Gasteiger partial charge >= 0.3 is 5.97 Å². The van der Waals surface area contributed by atoms with Crippen molar-refractivity contribution >= 4 is 29.2 Å². The van der Waals surface area contributed by atoms with Gasteiger partial charge in [0.2, 0.25) is 0 Å². The molecule has 0 aromatic heterocycles. The van der Waals surface area contributed by atoms with Gasteiger partial charge in [0.25, 0.3) is 0 Å². The van der Waals surface area contributed by atoms with E-state index in [9.17, 15) is 4.79 Å². The van der Waals surface area contributed by atoms with Gasteiger partial charge in [-0.05, 0) is 32.9 Å². The van der Waals surface area contributed by atoms with Crippen LogP contribution in [0, 0.1) is 0 Å². The summed E-state index contributed by atoms with van der Waals surface area (Å²) in [6, 6.07) is 5.38. The first kappa shape index (κ1) is 16.3. The van der Waals surface area contributed by atoms with Crippen molar-refractivity contribution in [3.63, 3.8) is 0 Å². The third kappa shape index (κ3) is 5.01. The summed E-state index contributed by atoms with van der Waals surface area (Å²) >= 11 is 12.3. The lowest BCUT2D eigenvalue weighted by molar-refractivity contribution is -0.137. The third-order valence-electron chi connectivity index (χ3n) is 2.95. The molecule has 0 heterocycles. The number of rotatable bonds is 5. The van der Waals surface area contributed by atoms with E-state index >= 15 is 0 Å². The van der Waals surface area contributed by atoms with Crippen LogP contribution >= 0.6 is 23.2 Å². The Hall–Kier alpha value is -0.770. The molecule has 0 radical (unpaired) electrons. The Morgan fingerprint density at radius 1 is 1.26 bits per heavy atom. The summed E-state index contributed by atoms with van der Waals surface area (Å²) in [6.07, 6.45) is 0.0966. The SMILES string of the molecule is CC(C)(C)N(CCC(=O)O)Cc1c(Cl)cccc1Cl. The molecule has 3 nitrogen and oxygen atoms in total. The van der Waals surface area contributed by atoms with Crippen LogP contribution in [-0.4, -0.2) is 28.1 Å². The normalized spacial score (nSPS) is 11.9. The number of hydrogen-bond acceptors (Lipinski definition) is 2. The topological polar surface area (TPSA) is 40.5 Å². The molecule has 1 N–H and O–H groups in total. The number of halogens is 2. The zero-order chi connectivity index (χ0) is 14.6. The fourth-order valence-corrected chi connectivity index (χ4v) is 2.27. The minimum atomic E-state index is -0.806. The van der Waals surface area contributed by atoms with Gasteiger partial charge in [0, 0.05) is 34.2 Å². The molecule has 1 rings (SSSR count). The second kappa shape index (κ2) is 6.60. The van der Waals surface area contributed by atoms with Gasteiger partial charge in [-0.1, -0.05) is 29.3 Å². The Kier molecular flexibility index (Phi) is 5.65. The van der Waals surface area contributed by atoms with Gasteiger partial charge in [0.1, 0.15) is 0 Å². The molecule has 0 amide bonds. The number of carboxylic acid groups (broad SMARTS) is 1. The number of benzene rings is 1. The standard InChI is InChI=1S/C14H19Cl2NO2/c1-14(2,3)17(8-7-13(18)19)9-10-11(15)5-4-6-12(10)16/h4-6H,7-9H2,1-3H3,(H,18,19). The van der Waals surface area contributed by atoms with E-state index in [1.807, 2.05) is 20.8 Å². The molecule has 0 aliphatic heterocycles. The summed E-state index contributed by atoms with van der Waals surface area (Å²) < 4.78 is 0. The van der Waals surface area contributed by atoms with Crippen molar-refractivity contribution in [1.29, 1.82) is 0 Å². The lowest BCUT2D eigenvalue weighted by Gasteiger charge is -2.35. The monoisotopic (exact) mass is 303 g/mol. The van der Waals surface area contributed by atoms with E-state index in [2.05, 4.69) is 4.90 Å². The van der Waals surface area contributed by atoms with E-state index in [4.69, 9.17) is 28.3 Å². The highest BCUT2D eigenvalue weighted by atomic mass is 35.5. The highest BCUT2D eigenvalue weighted by Gasteiger charge is 2.23. The molecular formula is C14H19Cl2NO2. The summed E-state index contributed by atoms with van der Waals surface area (Å²) in [4.78, 5) is 12.8. The van der Waals surface area contributed by atoms with E-state index in [1.165, 1.54) is 0 Å². The Labute approximate surface area is 124 Å². The number of carbonyl (C=O) groups is 1. The third-order valence-corrected chi connectivity index (χ3v) is 3.66. The molecule has 0 bridgehead atoms. The van der Waals surface area contributed by atoms with Gasteiger partial charge in [0.05, 0.1) is 6.42 Å². The Balaban J connectivity index is 2.91. The van der Waals surface area contributed by atoms with Crippen molar-refractivity contribution < 1.29 is 9.90 Å². The zero-order valence-corrected chi connectivity index (χ0v) is 12.9. The summed E-state index contributed by atoms with van der Waals surface area (Å²) in [6.45, 7) is 7.12. The van der Waals surface area contributed by atoms with Crippen LogP contribution in [-0.2, 0) is 11.3 Å². The van der Waals surface area contributed by atoms with E-state index in [-0.39, 0.29) is 12.0 Å². The minimum absolute atomic E-state index is 0.0966. The molecule has 1 aromatic carbocycles. The molecule has 0 aliphatic rings. The van der Waals surface area contributed by atoms with Crippen LogP contribution in [0.1, 0.15) is 32.8 Å². The second-order valence-corrected chi connectivity index (χ2v) is 6.25. The summed E-state index contributed by atoms with van der Waals surface area (Å²) in [5, 5.41) is 10.0. The Morgan fingerprint density at radius 3 is 2.21 bits per heavy atom. The predicted octanol–water partition coefficient (Wildman–Crippen LogP) is 4.07. The molecular weight excluding hydrogens is 285 g/mol. The average molecular weight is 304 g/mol. The van der Waals surface area contributed by atoms with Crippen molar-refractivity contribution in [2.24, 2.45) is 0 Å². The number of aliphatic carboxylic acids is 1. The van der Waals surface area contributed by atoms with E-state index in [1.54, 1.807) is 18.2 Å². The van der Waals surface area contributed by atoms with E-state index < -0.39 is 5.97 Å². The van der Waals surface area contributed by atoms with Crippen molar-refractivity contribution in [3.8, 4) is 0 Å². The summed E-state index contributed by atoms with van der Waals surface area (Å²) in [5.74, 6) is -0.806. The molecule has 0 aliphatic carbocycles. The first-order chi connectivity index (χ1) is 8.71. The highest BCUT2D eigenvalue weighted by molar-refractivity contribution is 6.35. The molecule has 0 saturated carbocycles. The molecule has 0 spiro atoms. The second-order valence-electron chi connectivity index (χ2n) is 5.44. The Morgan fingerprint density at radius 2 is 1.79 bits per heavy atom. The predicted molar refractivity (Wildman–Crippen MR) is 78.9 cm³/mol. The zero-order valence-electron chi connectivity index (χ0n) is 11.4. The molecule has 5 heteroatoms. The molecule has 19 heavy (non-hydrogen) atoms. The first-order valence-corrected chi connectivity index (χ1v) is 6.87. The van der Waals surface area contributed by atoms with Crippen molar-refractivity contribution in [2.45, 2.75) is 39.3 Å². The molecule has 106 valence electrons. The van der Waals surface area contributed by atoms with Crippen molar-refractivity contribution in [2.75, 3.05) is 6.54 Å². The molecule has 0 fully saturated rings. The van der Waals surface area contributed by atoms with Gasteiger partial charge in [0.15, 0.2) is 0 Å². The molecule has 0 unspecified atom stereocenters.